The number of benzene rings is 3. The molecule has 3 aromatic rings. The Morgan fingerprint density at radius 3 is 2.36 bits per heavy atom. The first-order valence-electron chi connectivity index (χ1n) is 12.4. The van der Waals surface area contributed by atoms with Crippen molar-refractivity contribution in [2.75, 3.05) is 24.5 Å². The van der Waals surface area contributed by atoms with Gasteiger partial charge in [0.2, 0.25) is 5.60 Å². The molecule has 3 aromatic carbocycles. The molecule has 2 atom stereocenters. The Bertz CT molecular complexity index is 1690. The first-order chi connectivity index (χ1) is 20.3. The summed E-state index contributed by atoms with van der Waals surface area (Å²) >= 11 is 0. The average Bonchev–Trinajstić information content (AvgIpc) is 2.95. The van der Waals surface area contributed by atoms with Crippen molar-refractivity contribution in [3.05, 3.63) is 71.8 Å². The standard InChI is InChI=1S/C27H22F8N2O6S/c1-25(39,27(33,34)35)24(38)36-12-17-13-37(44(40,41)18-5-3-4-15(9-18)26(30,31)32)20-8-14(6-7-21(20)43-17)19-10-16(28)11-22(42-2)23(19)29/h3-11,17,39H,12-13H2,1-2H3,(H,36,38)/t17-,25+/m0/s1. The molecule has 0 unspecified atom stereocenters. The summed E-state index contributed by atoms with van der Waals surface area (Å²) in [5, 5.41) is 11.4. The summed E-state index contributed by atoms with van der Waals surface area (Å²) in [6.07, 6.45) is -11.7. The van der Waals surface area contributed by atoms with Crippen LogP contribution in [-0.4, -0.2) is 57.5 Å². The van der Waals surface area contributed by atoms with Gasteiger partial charge in [0.1, 0.15) is 17.7 Å². The molecule has 0 fully saturated rings. The maximum Gasteiger partial charge on any atom is 0.426 e. The fraction of sp³-hybridized carbons (Fsp3) is 0.296. The number of carbonyl (C=O) groups is 1. The first-order valence-corrected chi connectivity index (χ1v) is 13.8. The van der Waals surface area contributed by atoms with E-state index >= 15 is 4.39 Å². The molecule has 0 aliphatic carbocycles. The quantitative estimate of drug-likeness (QED) is 0.346. The summed E-state index contributed by atoms with van der Waals surface area (Å²) in [6.45, 7) is -1.35. The Hall–Kier alpha value is -4.12. The summed E-state index contributed by atoms with van der Waals surface area (Å²) in [5.41, 5.74) is -5.92. The molecule has 2 N–H and O–H groups in total. The van der Waals surface area contributed by atoms with E-state index in [1.54, 1.807) is 0 Å². The number of halogens is 8. The van der Waals surface area contributed by atoms with E-state index in [1.807, 2.05) is 5.32 Å². The summed E-state index contributed by atoms with van der Waals surface area (Å²) in [5.74, 6) is -4.56. The number of anilines is 1. The number of amides is 1. The first kappa shape index (κ1) is 32.8. The van der Waals surface area contributed by atoms with Gasteiger partial charge in [-0.2, -0.15) is 26.3 Å². The zero-order valence-electron chi connectivity index (χ0n) is 22.6. The molecule has 4 rings (SSSR count). The zero-order chi connectivity index (χ0) is 32.8. The highest BCUT2D eigenvalue weighted by Crippen LogP contribution is 2.42. The van der Waals surface area contributed by atoms with Crippen molar-refractivity contribution in [1.29, 1.82) is 0 Å². The van der Waals surface area contributed by atoms with E-state index < -0.39 is 80.9 Å². The second-order valence-electron chi connectivity index (χ2n) is 9.73. The van der Waals surface area contributed by atoms with Gasteiger partial charge < -0.3 is 19.9 Å². The molecule has 0 spiro atoms. The van der Waals surface area contributed by atoms with Crippen LogP contribution in [0.2, 0.25) is 0 Å². The second-order valence-corrected chi connectivity index (χ2v) is 11.6. The van der Waals surface area contributed by atoms with Crippen LogP contribution in [0, 0.1) is 11.6 Å². The van der Waals surface area contributed by atoms with Gasteiger partial charge in [0.25, 0.3) is 15.9 Å². The van der Waals surface area contributed by atoms with Gasteiger partial charge in [0.05, 0.1) is 36.3 Å². The van der Waals surface area contributed by atoms with Gasteiger partial charge in [-0.25, -0.2) is 17.2 Å². The molecule has 8 nitrogen and oxygen atoms in total. The SMILES string of the molecule is COc1cc(F)cc(-c2ccc3c(c2)N(S(=O)(=O)c2cccc(C(F)(F)F)c2)C[C@H](CNC(=O)[C@@](C)(O)C(F)(F)F)O3)c1F. The molecule has 0 saturated heterocycles. The van der Waals surface area contributed by atoms with Crippen molar-refractivity contribution in [3.63, 3.8) is 0 Å². The van der Waals surface area contributed by atoms with Crippen LogP contribution in [0.15, 0.2) is 59.5 Å². The monoisotopic (exact) mass is 654 g/mol. The van der Waals surface area contributed by atoms with E-state index in [4.69, 9.17) is 9.47 Å². The van der Waals surface area contributed by atoms with E-state index in [0.29, 0.717) is 16.4 Å². The van der Waals surface area contributed by atoms with Crippen molar-refractivity contribution >= 4 is 21.6 Å². The topological polar surface area (TPSA) is 105 Å². The molecule has 1 aliphatic rings. The van der Waals surface area contributed by atoms with Crippen LogP contribution < -0.4 is 19.1 Å². The number of nitrogens with one attached hydrogen (secondary N) is 1. The van der Waals surface area contributed by atoms with E-state index in [1.165, 1.54) is 6.07 Å². The summed E-state index contributed by atoms with van der Waals surface area (Å²) < 4.78 is 147. The molecular weight excluding hydrogens is 632 g/mol. The highest BCUT2D eigenvalue weighted by molar-refractivity contribution is 7.92. The smallest absolute Gasteiger partial charge is 0.426 e. The lowest BCUT2D eigenvalue weighted by Crippen LogP contribution is -2.57. The lowest BCUT2D eigenvalue weighted by molar-refractivity contribution is -0.245. The lowest BCUT2D eigenvalue weighted by Gasteiger charge is -2.36. The summed E-state index contributed by atoms with van der Waals surface area (Å²) in [6, 6.07) is 7.64. The minimum atomic E-state index is -5.36. The van der Waals surface area contributed by atoms with Crippen LogP contribution in [0.1, 0.15) is 12.5 Å². The number of hydrogen-bond donors (Lipinski definition) is 2. The van der Waals surface area contributed by atoms with Crippen molar-refractivity contribution in [1.82, 2.24) is 5.32 Å². The summed E-state index contributed by atoms with van der Waals surface area (Å²) in [4.78, 5) is 11.3. The van der Waals surface area contributed by atoms with Crippen LogP contribution in [-0.2, 0) is 21.0 Å². The van der Waals surface area contributed by atoms with Crippen molar-refractivity contribution in [3.8, 4) is 22.6 Å². The average molecular weight is 655 g/mol. The molecule has 0 saturated carbocycles. The molecular formula is C27H22F8N2O6S. The maximum atomic E-state index is 15.0. The van der Waals surface area contributed by atoms with Gasteiger partial charge in [-0.05, 0) is 48.9 Å². The van der Waals surface area contributed by atoms with E-state index in [9.17, 15) is 49.1 Å². The molecule has 1 heterocycles. The molecule has 1 amide bonds. The van der Waals surface area contributed by atoms with Crippen molar-refractivity contribution in [2.45, 2.75) is 35.9 Å². The number of fused-ring (bicyclic) bond motifs is 1. The summed E-state index contributed by atoms with van der Waals surface area (Å²) in [7, 11) is -3.81. The van der Waals surface area contributed by atoms with Crippen LogP contribution in [0.3, 0.4) is 0 Å². The Kier molecular flexibility index (Phi) is 8.51. The lowest BCUT2D eigenvalue weighted by atomic mass is 10.0. The highest BCUT2D eigenvalue weighted by Gasteiger charge is 2.55. The number of methoxy groups -OCH3 is 1. The number of sulfonamides is 1. The molecule has 0 radical (unpaired) electrons. The Balaban J connectivity index is 1.80. The van der Waals surface area contributed by atoms with Crippen LogP contribution in [0.4, 0.5) is 40.8 Å². The number of aliphatic hydroxyl groups is 1. The minimum absolute atomic E-state index is 0.0973. The Labute approximate surface area is 244 Å². The molecule has 238 valence electrons. The van der Waals surface area contributed by atoms with Crippen LogP contribution >= 0.6 is 0 Å². The number of carbonyl (C=O) groups excluding carboxylic acids is 1. The Morgan fingerprint density at radius 1 is 1.07 bits per heavy atom. The van der Waals surface area contributed by atoms with Gasteiger partial charge in [-0.3, -0.25) is 9.10 Å². The van der Waals surface area contributed by atoms with Crippen molar-refractivity contribution in [2.24, 2.45) is 0 Å². The van der Waals surface area contributed by atoms with Crippen LogP contribution in [0.25, 0.3) is 11.1 Å². The molecule has 17 heteroatoms. The van der Waals surface area contributed by atoms with Gasteiger partial charge in [-0.1, -0.05) is 12.1 Å². The number of nitrogens with zero attached hydrogens (tertiary/aromatic N) is 1. The predicted molar refractivity (Wildman–Crippen MR) is 138 cm³/mol. The molecule has 44 heavy (non-hydrogen) atoms. The fourth-order valence-electron chi connectivity index (χ4n) is 4.20. The molecule has 0 bridgehead atoms. The van der Waals surface area contributed by atoms with E-state index in [-0.39, 0.29) is 29.5 Å². The maximum absolute atomic E-state index is 15.0. The number of alkyl halides is 6. The number of hydrogen-bond acceptors (Lipinski definition) is 6. The van der Waals surface area contributed by atoms with Gasteiger partial charge in [0, 0.05) is 11.6 Å². The molecule has 0 aromatic heterocycles. The number of ether oxygens (including phenoxy) is 2. The largest absolute Gasteiger partial charge is 0.494 e. The number of rotatable bonds is 7. The third kappa shape index (κ3) is 6.24. The predicted octanol–water partition coefficient (Wildman–Crippen LogP) is 5.05. The molecule has 1 aliphatic heterocycles. The van der Waals surface area contributed by atoms with Crippen LogP contribution in [0.5, 0.6) is 11.5 Å². The Morgan fingerprint density at radius 2 is 1.75 bits per heavy atom. The second kappa shape index (κ2) is 11.4. The van der Waals surface area contributed by atoms with Gasteiger partial charge in [0.15, 0.2) is 11.6 Å². The zero-order valence-corrected chi connectivity index (χ0v) is 23.4. The minimum Gasteiger partial charge on any atom is -0.494 e. The van der Waals surface area contributed by atoms with Gasteiger partial charge >= 0.3 is 12.4 Å². The van der Waals surface area contributed by atoms with E-state index in [2.05, 4.69) is 0 Å². The highest BCUT2D eigenvalue weighted by atomic mass is 32.2. The van der Waals surface area contributed by atoms with Crippen molar-refractivity contribution < 1.29 is 62.9 Å². The van der Waals surface area contributed by atoms with Gasteiger partial charge in [-0.15, -0.1) is 0 Å². The third-order valence-corrected chi connectivity index (χ3v) is 8.44. The van der Waals surface area contributed by atoms with E-state index in [0.717, 1.165) is 43.5 Å². The normalized spacial score (nSPS) is 16.9. The third-order valence-electron chi connectivity index (χ3n) is 6.66. The fourth-order valence-corrected chi connectivity index (χ4v) is 5.75.